The lowest BCUT2D eigenvalue weighted by molar-refractivity contribution is 0.617. The van der Waals surface area contributed by atoms with Gasteiger partial charge < -0.3 is 10.6 Å². The van der Waals surface area contributed by atoms with Crippen molar-refractivity contribution >= 4 is 11.8 Å². The van der Waals surface area contributed by atoms with E-state index in [1.165, 1.54) is 0 Å². The van der Waals surface area contributed by atoms with Gasteiger partial charge in [0.25, 0.3) is 0 Å². The highest BCUT2D eigenvalue weighted by Crippen LogP contribution is 2.14. The summed E-state index contributed by atoms with van der Waals surface area (Å²) in [5, 5.41) is 9.92. The second-order valence-corrected chi connectivity index (χ2v) is 3.91. The number of aromatic nitrogens is 4. The van der Waals surface area contributed by atoms with Gasteiger partial charge >= 0.3 is 0 Å². The van der Waals surface area contributed by atoms with Crippen LogP contribution in [0, 0.1) is 12.7 Å². The number of anilines is 2. The minimum Gasteiger partial charge on any atom is -0.363 e. The van der Waals surface area contributed by atoms with Crippen molar-refractivity contribution in [2.24, 2.45) is 7.05 Å². The third-order valence-electron chi connectivity index (χ3n) is 2.53. The normalized spacial score (nSPS) is 10.4. The summed E-state index contributed by atoms with van der Waals surface area (Å²) in [6.45, 7) is 2.38. The van der Waals surface area contributed by atoms with Gasteiger partial charge in [0.05, 0.1) is 11.9 Å². The minimum absolute atomic E-state index is 0.178. The molecule has 2 aromatic heterocycles. The Bertz CT molecular complexity index is 550. The molecule has 0 amide bonds. The zero-order valence-corrected chi connectivity index (χ0v) is 10.5. The minimum atomic E-state index is -0.476. The number of hydrogen-bond acceptors (Lipinski definition) is 5. The molecular weight excluding hydrogens is 235 g/mol. The Hall–Kier alpha value is -2.18. The second-order valence-electron chi connectivity index (χ2n) is 3.91. The Labute approximate surface area is 104 Å². The van der Waals surface area contributed by atoms with E-state index in [0.29, 0.717) is 12.5 Å². The third-order valence-corrected chi connectivity index (χ3v) is 2.53. The molecule has 0 spiro atoms. The monoisotopic (exact) mass is 250 g/mol. The number of hydrogen-bond donors (Lipinski definition) is 2. The summed E-state index contributed by atoms with van der Waals surface area (Å²) in [7, 11) is 3.53. The molecule has 0 aliphatic rings. The first-order valence-corrected chi connectivity index (χ1v) is 5.53. The van der Waals surface area contributed by atoms with E-state index in [2.05, 4.69) is 25.7 Å². The first kappa shape index (κ1) is 12.3. The first-order valence-electron chi connectivity index (χ1n) is 5.53. The molecule has 96 valence electrons. The standard InChI is InChI=1S/C11H15FN6/c1-7-8(6-18(3)17-7)4-14-10-9(12)5-15-11(13-2)16-10/h5-6H,4H2,1-3H3,(H2,13,14,15,16). The van der Waals surface area contributed by atoms with Crippen LogP contribution in [-0.2, 0) is 13.6 Å². The molecule has 18 heavy (non-hydrogen) atoms. The van der Waals surface area contributed by atoms with Crippen molar-refractivity contribution in [3.05, 3.63) is 29.5 Å². The highest BCUT2D eigenvalue weighted by molar-refractivity contribution is 5.41. The van der Waals surface area contributed by atoms with Gasteiger partial charge in [0, 0.05) is 32.4 Å². The van der Waals surface area contributed by atoms with E-state index in [-0.39, 0.29) is 5.82 Å². The fourth-order valence-corrected chi connectivity index (χ4v) is 1.61. The molecule has 0 atom stereocenters. The Kier molecular flexibility index (Phi) is 3.40. The Morgan fingerprint density at radius 2 is 2.22 bits per heavy atom. The summed E-state index contributed by atoms with van der Waals surface area (Å²) in [5.74, 6) is 0.0787. The van der Waals surface area contributed by atoms with E-state index < -0.39 is 5.82 Å². The van der Waals surface area contributed by atoms with Gasteiger partial charge in [-0.05, 0) is 6.92 Å². The molecule has 0 fully saturated rings. The number of nitrogens with zero attached hydrogens (tertiary/aromatic N) is 4. The Morgan fingerprint density at radius 1 is 1.44 bits per heavy atom. The maximum absolute atomic E-state index is 13.5. The zero-order valence-electron chi connectivity index (χ0n) is 10.5. The molecule has 2 N–H and O–H groups in total. The summed E-state index contributed by atoms with van der Waals surface area (Å²) in [4.78, 5) is 7.79. The van der Waals surface area contributed by atoms with Gasteiger partial charge in [0.1, 0.15) is 0 Å². The molecule has 0 unspecified atom stereocenters. The highest BCUT2D eigenvalue weighted by Gasteiger charge is 2.08. The van der Waals surface area contributed by atoms with E-state index in [1.807, 2.05) is 20.2 Å². The largest absolute Gasteiger partial charge is 0.363 e. The van der Waals surface area contributed by atoms with Crippen molar-refractivity contribution in [2.45, 2.75) is 13.5 Å². The fraction of sp³-hybridized carbons (Fsp3) is 0.364. The zero-order chi connectivity index (χ0) is 13.1. The fourth-order valence-electron chi connectivity index (χ4n) is 1.61. The van der Waals surface area contributed by atoms with Crippen LogP contribution in [0.4, 0.5) is 16.2 Å². The van der Waals surface area contributed by atoms with Crippen molar-refractivity contribution in [3.8, 4) is 0 Å². The molecule has 0 bridgehead atoms. The van der Waals surface area contributed by atoms with E-state index in [0.717, 1.165) is 17.5 Å². The van der Waals surface area contributed by atoms with E-state index >= 15 is 0 Å². The van der Waals surface area contributed by atoms with Crippen LogP contribution in [0.2, 0.25) is 0 Å². The van der Waals surface area contributed by atoms with Crippen molar-refractivity contribution in [3.63, 3.8) is 0 Å². The van der Waals surface area contributed by atoms with Crippen molar-refractivity contribution in [1.82, 2.24) is 19.7 Å². The molecule has 0 aromatic carbocycles. The van der Waals surface area contributed by atoms with Crippen LogP contribution in [0.5, 0.6) is 0 Å². The summed E-state index contributed by atoms with van der Waals surface area (Å²) < 4.78 is 15.2. The molecular formula is C11H15FN6. The summed E-state index contributed by atoms with van der Waals surface area (Å²) in [6.07, 6.45) is 3.03. The molecule has 2 aromatic rings. The van der Waals surface area contributed by atoms with Crippen LogP contribution >= 0.6 is 0 Å². The average molecular weight is 250 g/mol. The van der Waals surface area contributed by atoms with Crippen molar-refractivity contribution in [1.29, 1.82) is 0 Å². The Morgan fingerprint density at radius 3 is 2.83 bits per heavy atom. The first-order chi connectivity index (χ1) is 8.60. The van der Waals surface area contributed by atoms with Crippen molar-refractivity contribution in [2.75, 3.05) is 17.7 Å². The van der Waals surface area contributed by atoms with Crippen LogP contribution in [0.25, 0.3) is 0 Å². The molecule has 7 heteroatoms. The Balaban J connectivity index is 2.12. The van der Waals surface area contributed by atoms with Crippen LogP contribution in [-0.4, -0.2) is 26.8 Å². The second kappa shape index (κ2) is 4.99. The van der Waals surface area contributed by atoms with Gasteiger partial charge in [-0.15, -0.1) is 0 Å². The maximum Gasteiger partial charge on any atom is 0.224 e. The topological polar surface area (TPSA) is 67.7 Å². The van der Waals surface area contributed by atoms with Gasteiger partial charge in [0.2, 0.25) is 5.95 Å². The van der Waals surface area contributed by atoms with E-state index in [1.54, 1.807) is 11.7 Å². The predicted octanol–water partition coefficient (Wildman–Crippen LogP) is 1.31. The van der Waals surface area contributed by atoms with Gasteiger partial charge in [-0.3, -0.25) is 4.68 Å². The summed E-state index contributed by atoms with van der Waals surface area (Å²) >= 11 is 0. The quantitative estimate of drug-likeness (QED) is 0.856. The van der Waals surface area contributed by atoms with Crippen LogP contribution in [0.3, 0.4) is 0 Å². The lowest BCUT2D eigenvalue weighted by Crippen LogP contribution is -2.07. The summed E-state index contributed by atoms with van der Waals surface area (Å²) in [5.41, 5.74) is 1.91. The molecule has 0 aliphatic carbocycles. The van der Waals surface area contributed by atoms with E-state index in [4.69, 9.17) is 0 Å². The number of halogens is 1. The van der Waals surface area contributed by atoms with Gasteiger partial charge in [-0.2, -0.15) is 10.1 Å². The SMILES string of the molecule is CNc1ncc(F)c(NCc2cn(C)nc2C)n1. The van der Waals surface area contributed by atoms with Gasteiger partial charge in [0.15, 0.2) is 11.6 Å². The van der Waals surface area contributed by atoms with Gasteiger partial charge in [-0.1, -0.05) is 0 Å². The van der Waals surface area contributed by atoms with Crippen LogP contribution in [0.1, 0.15) is 11.3 Å². The number of rotatable bonds is 4. The summed E-state index contributed by atoms with van der Waals surface area (Å²) in [6, 6.07) is 0. The van der Waals surface area contributed by atoms with E-state index in [9.17, 15) is 4.39 Å². The number of nitrogens with one attached hydrogen (secondary N) is 2. The van der Waals surface area contributed by atoms with Gasteiger partial charge in [-0.25, -0.2) is 9.37 Å². The average Bonchev–Trinajstić information content (AvgIpc) is 2.67. The van der Waals surface area contributed by atoms with Crippen molar-refractivity contribution < 1.29 is 4.39 Å². The molecule has 6 nitrogen and oxygen atoms in total. The molecule has 2 heterocycles. The lowest BCUT2D eigenvalue weighted by Gasteiger charge is -2.07. The highest BCUT2D eigenvalue weighted by atomic mass is 19.1. The molecule has 0 saturated carbocycles. The van der Waals surface area contributed by atoms with Crippen LogP contribution in [0.15, 0.2) is 12.4 Å². The molecule has 0 saturated heterocycles. The third kappa shape index (κ3) is 2.55. The molecule has 0 aliphatic heterocycles. The lowest BCUT2D eigenvalue weighted by atomic mass is 10.2. The smallest absolute Gasteiger partial charge is 0.224 e. The molecule has 2 rings (SSSR count). The predicted molar refractivity (Wildman–Crippen MR) is 66.8 cm³/mol. The molecule has 0 radical (unpaired) electrons. The number of aryl methyl sites for hydroxylation is 2. The maximum atomic E-state index is 13.5. The van der Waals surface area contributed by atoms with Crippen LogP contribution < -0.4 is 10.6 Å².